The summed E-state index contributed by atoms with van der Waals surface area (Å²) < 4.78 is 0. The number of hydrogen-bond acceptors (Lipinski definition) is 2. The average Bonchev–Trinajstić information content (AvgIpc) is 2.12. The van der Waals surface area contributed by atoms with Crippen molar-refractivity contribution in [3.63, 3.8) is 0 Å². The van der Waals surface area contributed by atoms with E-state index in [-0.39, 0.29) is 16.9 Å². The van der Waals surface area contributed by atoms with Crippen LogP contribution in [-0.2, 0) is 4.79 Å². The summed E-state index contributed by atoms with van der Waals surface area (Å²) in [4.78, 5) is 12.4. The molecule has 1 fully saturated rings. The smallest absolute Gasteiger partial charge is 0.232 e. The van der Waals surface area contributed by atoms with E-state index in [4.69, 9.17) is 18.0 Å². The highest BCUT2D eigenvalue weighted by Gasteiger charge is 2.36. The number of carbonyl (C=O) groups is 1. The highest BCUT2D eigenvalue weighted by Crippen LogP contribution is 2.30. The van der Waals surface area contributed by atoms with Crippen molar-refractivity contribution in [1.82, 2.24) is 5.32 Å². The van der Waals surface area contributed by atoms with Gasteiger partial charge in [-0.05, 0) is 39.0 Å². The lowest BCUT2D eigenvalue weighted by atomic mass is 9.79. The predicted molar refractivity (Wildman–Crippen MR) is 70.1 cm³/mol. The molecule has 1 rings (SSSR count). The van der Waals surface area contributed by atoms with E-state index in [1.807, 2.05) is 13.8 Å². The predicted octanol–water partition coefficient (Wildman–Crippen LogP) is 1.99. The molecule has 1 aliphatic rings. The van der Waals surface area contributed by atoms with Gasteiger partial charge in [-0.3, -0.25) is 4.79 Å². The zero-order valence-electron chi connectivity index (χ0n) is 10.4. The molecule has 0 saturated heterocycles. The van der Waals surface area contributed by atoms with Gasteiger partial charge in [0.05, 0.1) is 10.4 Å². The van der Waals surface area contributed by atoms with Crippen LogP contribution in [0.2, 0.25) is 0 Å². The SMILES string of the molecule is CCC(C)(C(=O)NC(C)C1CCC1)C(N)=S. The van der Waals surface area contributed by atoms with Crippen LogP contribution in [0.5, 0.6) is 0 Å². The van der Waals surface area contributed by atoms with E-state index in [0.717, 1.165) is 0 Å². The minimum Gasteiger partial charge on any atom is -0.392 e. The summed E-state index contributed by atoms with van der Waals surface area (Å²) in [5.41, 5.74) is 4.95. The van der Waals surface area contributed by atoms with E-state index in [9.17, 15) is 4.79 Å². The molecule has 1 saturated carbocycles. The molecule has 0 aromatic carbocycles. The maximum Gasteiger partial charge on any atom is 0.232 e. The number of hydrogen-bond donors (Lipinski definition) is 2. The zero-order valence-corrected chi connectivity index (χ0v) is 11.2. The largest absolute Gasteiger partial charge is 0.392 e. The third-order valence-corrected chi connectivity index (χ3v) is 4.42. The molecule has 1 amide bonds. The Morgan fingerprint density at radius 1 is 1.62 bits per heavy atom. The lowest BCUT2D eigenvalue weighted by molar-refractivity contribution is -0.128. The van der Waals surface area contributed by atoms with Crippen molar-refractivity contribution in [3.05, 3.63) is 0 Å². The van der Waals surface area contributed by atoms with E-state index in [0.29, 0.717) is 12.3 Å². The molecule has 3 nitrogen and oxygen atoms in total. The molecule has 16 heavy (non-hydrogen) atoms. The molecule has 0 bridgehead atoms. The van der Waals surface area contributed by atoms with Crippen LogP contribution in [0.15, 0.2) is 0 Å². The fourth-order valence-electron chi connectivity index (χ4n) is 1.87. The molecular weight excluding hydrogens is 220 g/mol. The molecular formula is C12H22N2OS. The number of amides is 1. The minimum absolute atomic E-state index is 0.0260. The van der Waals surface area contributed by atoms with E-state index in [1.165, 1.54) is 19.3 Å². The van der Waals surface area contributed by atoms with Crippen LogP contribution in [0.4, 0.5) is 0 Å². The van der Waals surface area contributed by atoms with Gasteiger partial charge in [-0.25, -0.2) is 0 Å². The van der Waals surface area contributed by atoms with Gasteiger partial charge in [0.1, 0.15) is 0 Å². The van der Waals surface area contributed by atoms with Crippen LogP contribution in [0.25, 0.3) is 0 Å². The molecule has 3 N–H and O–H groups in total. The van der Waals surface area contributed by atoms with Gasteiger partial charge in [-0.2, -0.15) is 0 Å². The Bertz CT molecular complexity index is 289. The van der Waals surface area contributed by atoms with Crippen molar-refractivity contribution in [1.29, 1.82) is 0 Å². The van der Waals surface area contributed by atoms with Crippen molar-refractivity contribution in [2.45, 2.75) is 52.5 Å². The summed E-state index contributed by atoms with van der Waals surface area (Å²) in [6.07, 6.45) is 4.37. The number of nitrogens with one attached hydrogen (secondary N) is 1. The van der Waals surface area contributed by atoms with Crippen molar-refractivity contribution in [3.8, 4) is 0 Å². The molecule has 0 spiro atoms. The van der Waals surface area contributed by atoms with Gasteiger partial charge in [0.15, 0.2) is 0 Å². The van der Waals surface area contributed by atoms with Crippen LogP contribution in [0, 0.1) is 11.3 Å². The Morgan fingerprint density at radius 2 is 2.19 bits per heavy atom. The van der Waals surface area contributed by atoms with Crippen LogP contribution < -0.4 is 11.1 Å². The lowest BCUT2D eigenvalue weighted by Crippen LogP contribution is -2.51. The molecule has 0 aliphatic heterocycles. The number of nitrogens with two attached hydrogens (primary N) is 1. The fourth-order valence-corrected chi connectivity index (χ4v) is 2.11. The number of carbonyl (C=O) groups excluding carboxylic acids is 1. The molecule has 0 heterocycles. The lowest BCUT2D eigenvalue weighted by Gasteiger charge is -2.35. The monoisotopic (exact) mass is 242 g/mol. The molecule has 0 radical (unpaired) electrons. The minimum atomic E-state index is -0.701. The third kappa shape index (κ3) is 2.54. The first-order valence-corrected chi connectivity index (χ1v) is 6.43. The van der Waals surface area contributed by atoms with Crippen molar-refractivity contribution >= 4 is 23.1 Å². The van der Waals surface area contributed by atoms with Gasteiger partial charge in [0, 0.05) is 6.04 Å². The first-order valence-electron chi connectivity index (χ1n) is 6.02. The molecule has 1 aliphatic carbocycles. The Morgan fingerprint density at radius 3 is 2.50 bits per heavy atom. The summed E-state index contributed by atoms with van der Waals surface area (Å²) in [6.45, 7) is 5.82. The summed E-state index contributed by atoms with van der Waals surface area (Å²) in [5, 5.41) is 3.05. The second kappa shape index (κ2) is 5.13. The van der Waals surface area contributed by atoms with Crippen LogP contribution in [-0.4, -0.2) is 16.9 Å². The fraction of sp³-hybridized carbons (Fsp3) is 0.833. The zero-order chi connectivity index (χ0) is 12.3. The van der Waals surface area contributed by atoms with Crippen molar-refractivity contribution in [2.75, 3.05) is 0 Å². The second-order valence-electron chi connectivity index (χ2n) is 5.00. The summed E-state index contributed by atoms with van der Waals surface area (Å²) in [6, 6.07) is 0.237. The first-order chi connectivity index (χ1) is 7.41. The van der Waals surface area contributed by atoms with Crippen LogP contribution in [0.3, 0.4) is 0 Å². The molecule has 92 valence electrons. The van der Waals surface area contributed by atoms with Gasteiger partial charge < -0.3 is 11.1 Å². The van der Waals surface area contributed by atoms with E-state index in [1.54, 1.807) is 0 Å². The van der Waals surface area contributed by atoms with Gasteiger partial charge >= 0.3 is 0 Å². The molecule has 0 aromatic heterocycles. The van der Waals surface area contributed by atoms with E-state index >= 15 is 0 Å². The van der Waals surface area contributed by atoms with Crippen molar-refractivity contribution in [2.24, 2.45) is 17.1 Å². The Labute approximate surface area is 103 Å². The van der Waals surface area contributed by atoms with E-state index < -0.39 is 5.41 Å². The maximum atomic E-state index is 12.1. The third-order valence-electron chi connectivity index (χ3n) is 3.97. The summed E-state index contributed by atoms with van der Waals surface area (Å²) in [7, 11) is 0. The quantitative estimate of drug-likeness (QED) is 0.725. The molecule has 2 atom stereocenters. The highest BCUT2D eigenvalue weighted by molar-refractivity contribution is 7.80. The van der Waals surface area contributed by atoms with Gasteiger partial charge in [-0.1, -0.05) is 25.6 Å². The Kier molecular flexibility index (Phi) is 4.30. The number of rotatable bonds is 5. The van der Waals surface area contributed by atoms with Crippen LogP contribution >= 0.6 is 12.2 Å². The van der Waals surface area contributed by atoms with Gasteiger partial charge in [0.25, 0.3) is 0 Å². The summed E-state index contributed by atoms with van der Waals surface area (Å²) in [5.74, 6) is 0.610. The Balaban J connectivity index is 2.58. The second-order valence-corrected chi connectivity index (χ2v) is 5.44. The molecule has 0 aromatic rings. The van der Waals surface area contributed by atoms with Gasteiger partial charge in [0.2, 0.25) is 5.91 Å². The van der Waals surface area contributed by atoms with Crippen LogP contribution in [0.1, 0.15) is 46.5 Å². The van der Waals surface area contributed by atoms with E-state index in [2.05, 4.69) is 12.2 Å². The van der Waals surface area contributed by atoms with Gasteiger partial charge in [-0.15, -0.1) is 0 Å². The van der Waals surface area contributed by atoms with Crippen molar-refractivity contribution < 1.29 is 4.79 Å². The summed E-state index contributed by atoms with van der Waals surface area (Å²) >= 11 is 4.98. The number of thiocarbonyl (C=S) groups is 1. The topological polar surface area (TPSA) is 55.1 Å². The maximum absolute atomic E-state index is 12.1. The normalized spacial score (nSPS) is 21.7. The first kappa shape index (κ1) is 13.4. The Hall–Kier alpha value is -0.640. The average molecular weight is 242 g/mol. The molecule has 2 unspecified atom stereocenters. The molecule has 4 heteroatoms. The highest BCUT2D eigenvalue weighted by atomic mass is 32.1. The standard InChI is InChI=1S/C12H22N2OS/c1-4-12(3,10(13)16)11(15)14-8(2)9-6-5-7-9/h8-9H,4-7H2,1-3H3,(H2,13,16)(H,14,15).